The molecule has 0 amide bonds. The Morgan fingerprint density at radius 3 is 1.23 bits per heavy atom. The van der Waals surface area contributed by atoms with Gasteiger partial charge in [-0.2, -0.15) is 0 Å². The third-order valence-electron chi connectivity index (χ3n) is 5.85. The summed E-state index contributed by atoms with van der Waals surface area (Å²) in [5.74, 6) is 0.434. The van der Waals surface area contributed by atoms with Crippen LogP contribution in [0.3, 0.4) is 0 Å². The Morgan fingerprint density at radius 1 is 0.457 bits per heavy atom. The van der Waals surface area contributed by atoms with E-state index >= 15 is 0 Å². The minimum atomic E-state index is 0.217. The zero-order valence-electron chi connectivity index (χ0n) is 19.1. The highest BCUT2D eigenvalue weighted by molar-refractivity contribution is 5.91. The predicted octanol–water partition coefficient (Wildman–Crippen LogP) is 8.16. The van der Waals surface area contributed by atoms with Crippen molar-refractivity contribution in [2.24, 2.45) is 0 Å². The second-order valence-electron chi connectivity index (χ2n) is 8.25. The van der Waals surface area contributed by atoms with Gasteiger partial charge < -0.3 is 15.1 Å². The second-order valence-corrected chi connectivity index (χ2v) is 8.25. The minimum absolute atomic E-state index is 0.217. The lowest BCUT2D eigenvalue weighted by Crippen LogP contribution is -2.09. The monoisotopic (exact) mass is 455 g/mol. The summed E-state index contributed by atoms with van der Waals surface area (Å²) in [7, 11) is 0. The van der Waals surface area contributed by atoms with E-state index in [4.69, 9.17) is 0 Å². The number of aromatic hydroxyl groups is 2. The van der Waals surface area contributed by atoms with E-state index in [-0.39, 0.29) is 11.5 Å². The largest absolute Gasteiger partial charge is 0.508 e. The third kappa shape index (κ3) is 5.10. The lowest BCUT2D eigenvalue weighted by Gasteiger charge is -2.25. The molecule has 0 bridgehead atoms. The van der Waals surface area contributed by atoms with Gasteiger partial charge in [0.05, 0.1) is 0 Å². The fraction of sp³-hybridized carbons (Fsp3) is 0. The molecule has 0 radical (unpaired) electrons. The van der Waals surface area contributed by atoms with Gasteiger partial charge in [0.15, 0.2) is 0 Å². The summed E-state index contributed by atoms with van der Waals surface area (Å²) in [4.78, 5) is 2.08. The average molecular weight is 456 g/mol. The highest BCUT2D eigenvalue weighted by atomic mass is 16.3. The molecular formula is C32H25NO2. The normalized spacial score (nSPS) is 10.5. The number of benzene rings is 5. The molecule has 2 N–H and O–H groups in total. The van der Waals surface area contributed by atoms with Gasteiger partial charge in [-0.25, -0.2) is 0 Å². The molecule has 35 heavy (non-hydrogen) atoms. The molecular weight excluding hydrogens is 430 g/mol. The first kappa shape index (κ1) is 22.1. The molecule has 0 aliphatic rings. The van der Waals surface area contributed by atoms with Crippen molar-refractivity contribution in [2.75, 3.05) is 4.90 Å². The summed E-state index contributed by atoms with van der Waals surface area (Å²) >= 11 is 0. The topological polar surface area (TPSA) is 43.7 Å². The van der Waals surface area contributed by atoms with Crippen LogP contribution in [0.2, 0.25) is 0 Å². The Morgan fingerprint density at radius 2 is 0.829 bits per heavy atom. The van der Waals surface area contributed by atoms with Gasteiger partial charge in [0, 0.05) is 17.1 Å². The first-order valence-corrected chi connectivity index (χ1v) is 11.5. The molecule has 3 heteroatoms. The SMILES string of the molecule is Oc1ccc(N(c2ccc(O)cc2)c2ccc(C=C(c3ccccc3)c3ccccc3)cc2)cc1. The fourth-order valence-corrected chi connectivity index (χ4v) is 4.11. The van der Waals surface area contributed by atoms with Crippen molar-refractivity contribution in [1.29, 1.82) is 0 Å². The second kappa shape index (κ2) is 10.0. The zero-order chi connectivity index (χ0) is 24.0. The van der Waals surface area contributed by atoms with Crippen LogP contribution in [0.25, 0.3) is 11.6 Å². The van der Waals surface area contributed by atoms with Gasteiger partial charge in [-0.05, 0) is 89.0 Å². The van der Waals surface area contributed by atoms with Crippen LogP contribution in [0, 0.1) is 0 Å². The Labute approximate surface area is 205 Å². The van der Waals surface area contributed by atoms with Crippen molar-refractivity contribution in [3.63, 3.8) is 0 Å². The van der Waals surface area contributed by atoms with Crippen molar-refractivity contribution >= 4 is 28.7 Å². The molecule has 0 fully saturated rings. The van der Waals surface area contributed by atoms with Gasteiger partial charge >= 0.3 is 0 Å². The molecule has 0 unspecified atom stereocenters. The summed E-state index contributed by atoms with van der Waals surface area (Å²) in [6.07, 6.45) is 2.21. The van der Waals surface area contributed by atoms with E-state index in [1.807, 2.05) is 36.4 Å². The van der Waals surface area contributed by atoms with Crippen LogP contribution in [0.5, 0.6) is 11.5 Å². The van der Waals surface area contributed by atoms with E-state index in [2.05, 4.69) is 83.8 Å². The number of phenolic OH excluding ortho intramolecular Hbond substituents is 2. The lowest BCUT2D eigenvalue weighted by molar-refractivity contribution is 0.475. The van der Waals surface area contributed by atoms with Crippen molar-refractivity contribution < 1.29 is 10.2 Å². The fourth-order valence-electron chi connectivity index (χ4n) is 4.11. The molecule has 0 atom stereocenters. The highest BCUT2D eigenvalue weighted by Gasteiger charge is 2.13. The maximum absolute atomic E-state index is 9.77. The van der Waals surface area contributed by atoms with Gasteiger partial charge in [0.25, 0.3) is 0 Å². The number of rotatable bonds is 6. The van der Waals surface area contributed by atoms with Crippen LogP contribution in [0.15, 0.2) is 133 Å². The lowest BCUT2D eigenvalue weighted by atomic mass is 9.95. The van der Waals surface area contributed by atoms with Crippen LogP contribution in [-0.2, 0) is 0 Å². The molecule has 5 aromatic rings. The van der Waals surface area contributed by atoms with Crippen LogP contribution in [0.1, 0.15) is 16.7 Å². The minimum Gasteiger partial charge on any atom is -0.508 e. The third-order valence-corrected chi connectivity index (χ3v) is 5.85. The highest BCUT2D eigenvalue weighted by Crippen LogP contribution is 2.36. The molecule has 0 aliphatic carbocycles. The van der Waals surface area contributed by atoms with Gasteiger partial charge in [-0.3, -0.25) is 0 Å². The van der Waals surface area contributed by atoms with Crippen LogP contribution >= 0.6 is 0 Å². The zero-order valence-corrected chi connectivity index (χ0v) is 19.1. The van der Waals surface area contributed by atoms with Gasteiger partial charge in [-0.15, -0.1) is 0 Å². The molecule has 0 aromatic heterocycles. The molecule has 3 nitrogen and oxygen atoms in total. The van der Waals surface area contributed by atoms with Crippen molar-refractivity contribution in [3.8, 4) is 11.5 Å². The maximum Gasteiger partial charge on any atom is 0.115 e. The maximum atomic E-state index is 9.77. The average Bonchev–Trinajstić information content (AvgIpc) is 2.91. The molecule has 0 saturated carbocycles. The Hall–Kier alpha value is -4.76. The standard InChI is InChI=1S/C32H25NO2/c34-30-19-15-28(16-20-30)33(29-17-21-31(35)22-18-29)27-13-11-24(12-14-27)23-32(25-7-3-1-4-8-25)26-9-5-2-6-10-26/h1-23,34-35H. The number of hydrogen-bond donors (Lipinski definition) is 2. The first-order chi connectivity index (χ1) is 17.2. The van der Waals surface area contributed by atoms with E-state index in [1.165, 1.54) is 0 Å². The molecule has 0 heterocycles. The molecule has 0 saturated heterocycles. The van der Waals surface area contributed by atoms with Crippen LogP contribution < -0.4 is 4.90 Å². The summed E-state index contributed by atoms with van der Waals surface area (Å²) in [6.45, 7) is 0. The van der Waals surface area contributed by atoms with E-state index < -0.39 is 0 Å². The van der Waals surface area contributed by atoms with Crippen molar-refractivity contribution in [1.82, 2.24) is 0 Å². The number of hydrogen-bond acceptors (Lipinski definition) is 3. The van der Waals surface area contributed by atoms with E-state index in [9.17, 15) is 10.2 Å². The van der Waals surface area contributed by atoms with Gasteiger partial charge in [0.1, 0.15) is 11.5 Å². The summed E-state index contributed by atoms with van der Waals surface area (Å²) in [6, 6.07) is 43.4. The van der Waals surface area contributed by atoms with Crippen LogP contribution in [0.4, 0.5) is 17.1 Å². The first-order valence-electron chi connectivity index (χ1n) is 11.5. The quantitative estimate of drug-likeness (QED) is 0.254. The van der Waals surface area contributed by atoms with Gasteiger partial charge in [0.2, 0.25) is 0 Å². The summed E-state index contributed by atoms with van der Waals surface area (Å²) in [5, 5.41) is 19.5. The molecule has 170 valence electrons. The molecule has 5 rings (SSSR count). The van der Waals surface area contributed by atoms with Crippen LogP contribution in [-0.4, -0.2) is 10.2 Å². The molecule has 5 aromatic carbocycles. The smallest absolute Gasteiger partial charge is 0.115 e. The van der Waals surface area contributed by atoms with E-state index in [1.54, 1.807) is 24.3 Å². The predicted molar refractivity (Wildman–Crippen MR) is 144 cm³/mol. The van der Waals surface area contributed by atoms with Crippen molar-refractivity contribution in [3.05, 3.63) is 150 Å². The number of nitrogens with zero attached hydrogens (tertiary/aromatic N) is 1. The Bertz CT molecular complexity index is 1320. The van der Waals surface area contributed by atoms with Gasteiger partial charge in [-0.1, -0.05) is 72.8 Å². The number of anilines is 3. The summed E-state index contributed by atoms with van der Waals surface area (Å²) < 4.78 is 0. The van der Waals surface area contributed by atoms with E-state index in [0.717, 1.165) is 39.3 Å². The van der Waals surface area contributed by atoms with Crippen molar-refractivity contribution in [2.45, 2.75) is 0 Å². The molecule has 0 spiro atoms. The van der Waals surface area contributed by atoms with E-state index in [0.29, 0.717) is 0 Å². The summed E-state index contributed by atoms with van der Waals surface area (Å²) in [5.41, 5.74) is 7.37. The Balaban J connectivity index is 1.55. The Kier molecular flexibility index (Phi) is 6.31. The molecule has 0 aliphatic heterocycles. The number of phenols is 2.